The van der Waals surface area contributed by atoms with Gasteiger partial charge in [0, 0.05) is 12.7 Å². The molecule has 3 aromatic rings. The van der Waals surface area contributed by atoms with Gasteiger partial charge in [-0.2, -0.15) is 5.10 Å². The molecule has 26 heavy (non-hydrogen) atoms. The molecule has 134 valence electrons. The number of halogens is 1. The number of carbonyl (C=O) groups excluding carboxylic acids is 1. The van der Waals surface area contributed by atoms with E-state index in [0.717, 1.165) is 17.1 Å². The number of hydrogen-bond acceptors (Lipinski definition) is 4. The van der Waals surface area contributed by atoms with Crippen LogP contribution in [0.4, 0.5) is 5.69 Å². The highest BCUT2D eigenvalue weighted by atomic mass is 35.5. The predicted octanol–water partition coefficient (Wildman–Crippen LogP) is 2.80. The normalized spacial score (nSPS) is 10.8. The number of nitrogens with one attached hydrogen (secondary N) is 1. The molecule has 0 aliphatic heterocycles. The first kappa shape index (κ1) is 17.9. The second kappa shape index (κ2) is 6.76. The van der Waals surface area contributed by atoms with Crippen molar-refractivity contribution < 1.29 is 4.79 Å². The second-order valence-corrected chi connectivity index (χ2v) is 6.39. The summed E-state index contributed by atoms with van der Waals surface area (Å²) in [5.41, 5.74) is 2.50. The van der Waals surface area contributed by atoms with Gasteiger partial charge >= 0.3 is 0 Å². The highest BCUT2D eigenvalue weighted by Crippen LogP contribution is 2.22. The van der Waals surface area contributed by atoms with E-state index >= 15 is 0 Å². The van der Waals surface area contributed by atoms with E-state index in [-0.39, 0.29) is 11.1 Å². The molecule has 1 amide bonds. The van der Waals surface area contributed by atoms with Crippen LogP contribution < -0.4 is 10.9 Å². The summed E-state index contributed by atoms with van der Waals surface area (Å²) in [6, 6.07) is 6.67. The van der Waals surface area contributed by atoms with Crippen molar-refractivity contribution >= 4 is 23.2 Å². The van der Waals surface area contributed by atoms with E-state index < -0.39 is 5.91 Å². The summed E-state index contributed by atoms with van der Waals surface area (Å²) in [5, 5.41) is 7.62. The second-order valence-electron chi connectivity index (χ2n) is 6.01. The molecule has 0 spiro atoms. The molecule has 0 fully saturated rings. The van der Waals surface area contributed by atoms with Gasteiger partial charge in [0.05, 0.1) is 28.3 Å². The lowest BCUT2D eigenvalue weighted by Crippen LogP contribution is -2.28. The lowest BCUT2D eigenvalue weighted by atomic mass is 10.2. The van der Waals surface area contributed by atoms with Gasteiger partial charge in [0.2, 0.25) is 0 Å². The Morgan fingerprint density at radius 3 is 2.46 bits per heavy atom. The van der Waals surface area contributed by atoms with E-state index in [2.05, 4.69) is 15.4 Å². The smallest absolute Gasteiger partial charge is 0.263 e. The van der Waals surface area contributed by atoms with Gasteiger partial charge in [0.1, 0.15) is 5.56 Å². The molecule has 3 heterocycles. The largest absolute Gasteiger partial charge is 0.320 e. The van der Waals surface area contributed by atoms with Crippen molar-refractivity contribution in [3.8, 4) is 5.82 Å². The van der Waals surface area contributed by atoms with Crippen LogP contribution in [0, 0.1) is 20.8 Å². The van der Waals surface area contributed by atoms with Crippen LogP contribution in [0.3, 0.4) is 0 Å². The zero-order valence-electron chi connectivity index (χ0n) is 14.9. The number of rotatable bonds is 3. The Bertz CT molecular complexity index is 1050. The monoisotopic (exact) mass is 371 g/mol. The molecule has 1 N–H and O–H groups in total. The molecule has 7 nitrogen and oxygen atoms in total. The van der Waals surface area contributed by atoms with E-state index in [1.807, 2.05) is 13.8 Å². The average Bonchev–Trinajstić information content (AvgIpc) is 2.88. The molecule has 0 saturated heterocycles. The number of anilines is 1. The summed E-state index contributed by atoms with van der Waals surface area (Å²) >= 11 is 6.16. The van der Waals surface area contributed by atoms with Crippen molar-refractivity contribution in [2.45, 2.75) is 20.8 Å². The fraction of sp³-hybridized carbons (Fsp3) is 0.222. The Morgan fingerprint density at radius 2 is 1.88 bits per heavy atom. The minimum atomic E-state index is -0.477. The topological polar surface area (TPSA) is 81.8 Å². The number of hydrogen-bond donors (Lipinski definition) is 1. The Morgan fingerprint density at radius 1 is 1.15 bits per heavy atom. The number of aryl methyl sites for hydroxylation is 2. The number of aromatic nitrogens is 4. The molecule has 8 heteroatoms. The minimum absolute atomic E-state index is 0.0764. The van der Waals surface area contributed by atoms with Crippen LogP contribution in [0.5, 0.6) is 0 Å². The molecule has 0 bridgehead atoms. The molecule has 0 atom stereocenters. The first-order valence-corrected chi connectivity index (χ1v) is 8.33. The van der Waals surface area contributed by atoms with Gasteiger partial charge in [-0.1, -0.05) is 11.6 Å². The predicted molar refractivity (Wildman–Crippen MR) is 100 cm³/mol. The number of nitrogens with zero attached hydrogens (tertiary/aromatic N) is 4. The van der Waals surface area contributed by atoms with Gasteiger partial charge in [-0.05, 0) is 45.0 Å². The summed E-state index contributed by atoms with van der Waals surface area (Å²) in [7, 11) is 1.63. The van der Waals surface area contributed by atoms with Crippen LogP contribution in [-0.4, -0.2) is 25.2 Å². The van der Waals surface area contributed by atoms with Crippen molar-refractivity contribution in [3.05, 3.63) is 68.5 Å². The highest BCUT2D eigenvalue weighted by Gasteiger charge is 2.14. The first-order chi connectivity index (χ1) is 12.3. The Balaban J connectivity index is 1.84. The molecule has 0 unspecified atom stereocenters. The van der Waals surface area contributed by atoms with Gasteiger partial charge < -0.3 is 9.88 Å². The standard InChI is InChI=1S/C18H18ClN5O2/c1-10-5-7-14(18(26)23(10)4)17(25)21-13-6-8-15(20-9-13)24-12(3)16(19)11(2)22-24/h5-9H,1-4H3,(H,21,25). The zero-order valence-corrected chi connectivity index (χ0v) is 15.6. The summed E-state index contributed by atoms with van der Waals surface area (Å²) in [5.74, 6) is 0.107. The SMILES string of the molecule is Cc1nn(-c2ccc(NC(=O)c3ccc(C)n(C)c3=O)cn2)c(C)c1Cl. The molecular weight excluding hydrogens is 354 g/mol. The Hall–Kier alpha value is -2.93. The molecular formula is C18H18ClN5O2. The summed E-state index contributed by atoms with van der Waals surface area (Å²) in [4.78, 5) is 28.9. The minimum Gasteiger partial charge on any atom is -0.320 e. The third-order valence-electron chi connectivity index (χ3n) is 4.23. The summed E-state index contributed by atoms with van der Waals surface area (Å²) < 4.78 is 3.07. The fourth-order valence-electron chi connectivity index (χ4n) is 2.53. The van der Waals surface area contributed by atoms with Gasteiger partial charge in [-0.25, -0.2) is 9.67 Å². The fourth-order valence-corrected chi connectivity index (χ4v) is 2.65. The van der Waals surface area contributed by atoms with Crippen LogP contribution in [0.15, 0.2) is 35.3 Å². The summed E-state index contributed by atoms with van der Waals surface area (Å²) in [6.45, 7) is 5.48. The van der Waals surface area contributed by atoms with Crippen LogP contribution in [0.25, 0.3) is 5.82 Å². The van der Waals surface area contributed by atoms with Crippen LogP contribution >= 0.6 is 11.6 Å². The van der Waals surface area contributed by atoms with Crippen LogP contribution in [0.2, 0.25) is 5.02 Å². The van der Waals surface area contributed by atoms with Gasteiger partial charge in [-0.15, -0.1) is 0 Å². The Labute approximate surface area is 155 Å². The van der Waals surface area contributed by atoms with Crippen molar-refractivity contribution in [2.75, 3.05) is 5.32 Å². The van der Waals surface area contributed by atoms with E-state index in [0.29, 0.717) is 16.5 Å². The number of pyridine rings is 2. The van der Waals surface area contributed by atoms with Crippen molar-refractivity contribution in [3.63, 3.8) is 0 Å². The van der Waals surface area contributed by atoms with E-state index in [9.17, 15) is 9.59 Å². The highest BCUT2D eigenvalue weighted by molar-refractivity contribution is 6.31. The van der Waals surface area contributed by atoms with Gasteiger partial charge in [-0.3, -0.25) is 9.59 Å². The third-order valence-corrected chi connectivity index (χ3v) is 4.77. The lowest BCUT2D eigenvalue weighted by molar-refractivity contribution is 0.102. The number of carbonyl (C=O) groups is 1. The van der Waals surface area contributed by atoms with Crippen molar-refractivity contribution in [1.82, 2.24) is 19.3 Å². The van der Waals surface area contributed by atoms with E-state index in [1.165, 1.54) is 16.8 Å². The molecule has 3 rings (SSSR count). The van der Waals surface area contributed by atoms with E-state index in [1.54, 1.807) is 36.9 Å². The maximum absolute atomic E-state index is 12.4. The van der Waals surface area contributed by atoms with Gasteiger partial charge in [0.25, 0.3) is 11.5 Å². The number of amides is 1. The zero-order chi connectivity index (χ0) is 19.0. The van der Waals surface area contributed by atoms with E-state index in [4.69, 9.17) is 11.6 Å². The molecule has 3 aromatic heterocycles. The van der Waals surface area contributed by atoms with Crippen LogP contribution in [0.1, 0.15) is 27.4 Å². The molecule has 0 aromatic carbocycles. The Kier molecular flexibility index (Phi) is 4.65. The summed E-state index contributed by atoms with van der Waals surface area (Å²) in [6.07, 6.45) is 1.51. The molecule has 0 aliphatic carbocycles. The third kappa shape index (κ3) is 3.13. The maximum Gasteiger partial charge on any atom is 0.263 e. The molecule has 0 aliphatic rings. The van der Waals surface area contributed by atoms with Crippen molar-refractivity contribution in [2.24, 2.45) is 7.05 Å². The first-order valence-electron chi connectivity index (χ1n) is 7.95. The maximum atomic E-state index is 12.4. The lowest BCUT2D eigenvalue weighted by Gasteiger charge is -2.09. The quantitative estimate of drug-likeness (QED) is 0.767. The van der Waals surface area contributed by atoms with Crippen LogP contribution in [-0.2, 0) is 7.05 Å². The molecule has 0 radical (unpaired) electrons. The molecule has 0 saturated carbocycles. The van der Waals surface area contributed by atoms with Gasteiger partial charge in [0.15, 0.2) is 5.82 Å². The average molecular weight is 372 g/mol. The van der Waals surface area contributed by atoms with Crippen molar-refractivity contribution in [1.29, 1.82) is 0 Å².